The molecule has 2 aromatic carbocycles. The molecule has 2 aliphatic heterocycles. The molecular weight excluding hydrogens is 464 g/mol. The van der Waals surface area contributed by atoms with Gasteiger partial charge in [-0.25, -0.2) is 0 Å². The van der Waals surface area contributed by atoms with Crippen LogP contribution in [0.2, 0.25) is 0 Å². The van der Waals surface area contributed by atoms with Crippen LogP contribution in [0, 0.1) is 0 Å². The molecule has 36 heavy (non-hydrogen) atoms. The van der Waals surface area contributed by atoms with Crippen molar-refractivity contribution in [3.63, 3.8) is 0 Å². The van der Waals surface area contributed by atoms with Crippen molar-refractivity contribution in [1.29, 1.82) is 0 Å². The number of amides is 1. The van der Waals surface area contributed by atoms with Crippen molar-refractivity contribution < 1.29 is 34.0 Å². The highest BCUT2D eigenvalue weighted by Gasteiger charge is 2.33. The van der Waals surface area contributed by atoms with Gasteiger partial charge in [0.25, 0.3) is 0 Å². The Balaban J connectivity index is 1.47. The largest absolute Gasteiger partial charge is 0.481 e. The quantitative estimate of drug-likeness (QED) is 0.457. The van der Waals surface area contributed by atoms with Crippen LogP contribution in [0.4, 0.5) is 5.69 Å². The van der Waals surface area contributed by atoms with Crippen LogP contribution in [-0.2, 0) is 30.4 Å². The number of nitrogens with one attached hydrogen (secondary N) is 1. The van der Waals surface area contributed by atoms with Gasteiger partial charge in [-0.2, -0.15) is 0 Å². The lowest BCUT2D eigenvalue weighted by atomic mass is 9.99. The molecule has 0 aliphatic carbocycles. The van der Waals surface area contributed by atoms with Crippen molar-refractivity contribution in [2.75, 3.05) is 38.2 Å². The van der Waals surface area contributed by atoms with Crippen molar-refractivity contribution in [2.45, 2.75) is 50.8 Å². The maximum atomic E-state index is 12.2. The van der Waals surface area contributed by atoms with Crippen LogP contribution in [0.1, 0.15) is 54.8 Å². The zero-order valence-corrected chi connectivity index (χ0v) is 20.3. The Hall–Kier alpha value is -2.82. The number of aliphatic hydroxyl groups excluding tert-OH is 1. The van der Waals surface area contributed by atoms with Crippen molar-refractivity contribution in [3.8, 4) is 0 Å². The van der Waals surface area contributed by atoms with Gasteiger partial charge in [0.1, 0.15) is 0 Å². The number of carbonyl (C=O) groups is 2. The van der Waals surface area contributed by atoms with Crippen LogP contribution in [0.5, 0.6) is 0 Å². The highest BCUT2D eigenvalue weighted by atomic mass is 16.7. The molecule has 2 fully saturated rings. The molecule has 2 saturated heterocycles. The minimum atomic E-state index is -0.913. The molecule has 3 unspecified atom stereocenters. The van der Waals surface area contributed by atoms with Gasteiger partial charge in [-0.15, -0.1) is 0 Å². The number of nitrogens with zero attached hydrogens (tertiary/aromatic N) is 1. The number of rotatable bonds is 10. The fourth-order valence-electron chi connectivity index (χ4n) is 4.49. The molecule has 0 saturated carbocycles. The molecule has 4 rings (SSSR count). The van der Waals surface area contributed by atoms with Gasteiger partial charge in [-0.3, -0.25) is 14.5 Å². The summed E-state index contributed by atoms with van der Waals surface area (Å²) in [5.41, 5.74) is 3.27. The lowest BCUT2D eigenvalue weighted by Gasteiger charge is -2.39. The van der Waals surface area contributed by atoms with Crippen LogP contribution < -0.4 is 5.32 Å². The average Bonchev–Trinajstić information content (AvgIpc) is 2.89. The van der Waals surface area contributed by atoms with Crippen LogP contribution in [0.25, 0.3) is 0 Å². The first-order valence-corrected chi connectivity index (χ1v) is 12.4. The molecule has 0 radical (unpaired) electrons. The van der Waals surface area contributed by atoms with Gasteiger partial charge in [0.05, 0.1) is 32.0 Å². The van der Waals surface area contributed by atoms with Crippen molar-refractivity contribution in [3.05, 3.63) is 65.2 Å². The number of carboxylic acid groups (broad SMARTS) is 1. The number of hydrogen-bond acceptors (Lipinski definition) is 7. The predicted molar refractivity (Wildman–Crippen MR) is 132 cm³/mol. The van der Waals surface area contributed by atoms with E-state index >= 15 is 0 Å². The molecule has 3 atom stereocenters. The number of carbonyl (C=O) groups excluding carboxylic acids is 1. The van der Waals surface area contributed by atoms with E-state index in [1.807, 2.05) is 42.5 Å². The zero-order chi connectivity index (χ0) is 25.3. The Morgan fingerprint density at radius 2 is 1.78 bits per heavy atom. The van der Waals surface area contributed by atoms with E-state index in [9.17, 15) is 14.7 Å². The second kappa shape index (κ2) is 12.9. The first kappa shape index (κ1) is 26.2. The summed E-state index contributed by atoms with van der Waals surface area (Å²) >= 11 is 0. The van der Waals surface area contributed by atoms with E-state index in [-0.39, 0.29) is 44.0 Å². The minimum Gasteiger partial charge on any atom is -0.481 e. The summed E-state index contributed by atoms with van der Waals surface area (Å²) in [6.07, 6.45) is 0.233. The van der Waals surface area contributed by atoms with E-state index in [4.69, 9.17) is 19.3 Å². The fourth-order valence-corrected chi connectivity index (χ4v) is 4.49. The molecule has 2 aromatic rings. The molecular formula is C27H34N2O7. The van der Waals surface area contributed by atoms with E-state index in [1.54, 1.807) is 6.07 Å². The van der Waals surface area contributed by atoms with Crippen molar-refractivity contribution >= 4 is 17.6 Å². The minimum absolute atomic E-state index is 0.00792. The fraction of sp³-hybridized carbons (Fsp3) is 0.481. The second-order valence-electron chi connectivity index (χ2n) is 9.18. The summed E-state index contributed by atoms with van der Waals surface area (Å²) in [4.78, 5) is 25.3. The molecule has 0 bridgehead atoms. The highest BCUT2D eigenvalue weighted by molar-refractivity contribution is 5.90. The maximum Gasteiger partial charge on any atom is 0.303 e. The molecule has 3 N–H and O–H groups in total. The third-order valence-electron chi connectivity index (χ3n) is 6.42. The number of carboxylic acids is 1. The summed E-state index contributed by atoms with van der Waals surface area (Å²) in [5, 5.41) is 21.0. The van der Waals surface area contributed by atoms with Crippen LogP contribution in [0.15, 0.2) is 48.5 Å². The number of aliphatic carboxylic acids is 1. The Bertz CT molecular complexity index is 1010. The summed E-state index contributed by atoms with van der Waals surface area (Å²) in [7, 11) is 0. The van der Waals surface area contributed by atoms with Crippen molar-refractivity contribution in [2.24, 2.45) is 0 Å². The Morgan fingerprint density at radius 3 is 2.50 bits per heavy atom. The summed E-state index contributed by atoms with van der Waals surface area (Å²) in [6.45, 7) is 3.93. The number of anilines is 1. The van der Waals surface area contributed by atoms with Crippen molar-refractivity contribution in [1.82, 2.24) is 4.90 Å². The summed E-state index contributed by atoms with van der Waals surface area (Å²) in [6, 6.07) is 15.2. The van der Waals surface area contributed by atoms with Gasteiger partial charge in [-0.05, 0) is 29.7 Å². The molecule has 2 heterocycles. The van der Waals surface area contributed by atoms with Gasteiger partial charge >= 0.3 is 5.97 Å². The van der Waals surface area contributed by atoms with Gasteiger partial charge in [0.2, 0.25) is 5.91 Å². The lowest BCUT2D eigenvalue weighted by molar-refractivity contribution is -0.253. The zero-order valence-electron chi connectivity index (χ0n) is 20.3. The van der Waals surface area contributed by atoms with E-state index in [1.165, 1.54) is 0 Å². The summed E-state index contributed by atoms with van der Waals surface area (Å²) in [5.74, 6) is -1.14. The second-order valence-corrected chi connectivity index (χ2v) is 9.18. The van der Waals surface area contributed by atoms with Crippen LogP contribution >= 0.6 is 0 Å². The third kappa shape index (κ3) is 7.59. The number of morpholine rings is 1. The predicted octanol–water partition coefficient (Wildman–Crippen LogP) is 3.25. The SMILES string of the molecule is O=C(O)CCCC(=O)Nc1cccc(C2OC(CN3CCOCC3)CC(c3ccc(CO)cc3)O2)c1. The Morgan fingerprint density at radius 1 is 1.00 bits per heavy atom. The van der Waals surface area contributed by atoms with E-state index in [0.717, 1.165) is 36.3 Å². The number of benzene rings is 2. The molecule has 0 aromatic heterocycles. The highest BCUT2D eigenvalue weighted by Crippen LogP contribution is 2.38. The van der Waals surface area contributed by atoms with Gasteiger partial charge < -0.3 is 29.7 Å². The molecule has 9 nitrogen and oxygen atoms in total. The third-order valence-corrected chi connectivity index (χ3v) is 6.42. The maximum absolute atomic E-state index is 12.2. The number of hydrogen-bond donors (Lipinski definition) is 3. The molecule has 194 valence electrons. The Labute approximate surface area is 211 Å². The lowest BCUT2D eigenvalue weighted by Crippen LogP contribution is -2.44. The van der Waals surface area contributed by atoms with Crippen LogP contribution in [0.3, 0.4) is 0 Å². The average molecular weight is 499 g/mol. The summed E-state index contributed by atoms with van der Waals surface area (Å²) < 4.78 is 18.3. The number of ether oxygens (including phenoxy) is 3. The molecule has 2 aliphatic rings. The molecule has 9 heteroatoms. The molecule has 1 amide bonds. The van der Waals surface area contributed by atoms with Gasteiger partial charge in [0.15, 0.2) is 6.29 Å². The van der Waals surface area contributed by atoms with Gasteiger partial charge in [0, 0.05) is 50.1 Å². The monoisotopic (exact) mass is 498 g/mol. The topological polar surface area (TPSA) is 118 Å². The van der Waals surface area contributed by atoms with E-state index in [0.29, 0.717) is 25.3 Å². The molecule has 0 spiro atoms. The smallest absolute Gasteiger partial charge is 0.303 e. The van der Waals surface area contributed by atoms with E-state index in [2.05, 4.69) is 10.2 Å². The first-order chi connectivity index (χ1) is 17.5. The van der Waals surface area contributed by atoms with Gasteiger partial charge in [-0.1, -0.05) is 36.4 Å². The number of aliphatic hydroxyl groups is 1. The Kier molecular flexibility index (Phi) is 9.43. The standard InChI is InChI=1S/C27H34N2O7/c30-18-19-7-9-20(10-8-19)24-16-23(17-29-11-13-34-14-12-29)35-27(36-24)21-3-1-4-22(15-21)28-25(31)5-2-6-26(32)33/h1,3-4,7-10,15,23-24,27,30H,2,5-6,11-14,16-18H2,(H,28,31)(H,32,33). The van der Waals surface area contributed by atoms with Crippen LogP contribution in [-0.4, -0.2) is 65.9 Å². The van der Waals surface area contributed by atoms with E-state index < -0.39 is 12.3 Å². The normalized spacial score (nSPS) is 22.8. The first-order valence-electron chi connectivity index (χ1n) is 12.4.